The van der Waals surface area contributed by atoms with Crippen molar-refractivity contribution in [3.8, 4) is 0 Å². The van der Waals surface area contributed by atoms with Crippen LogP contribution in [-0.4, -0.2) is 6.71 Å². The third-order valence-corrected chi connectivity index (χ3v) is 20.4. The molecular formula is C92H108BClN4. The Morgan fingerprint density at radius 1 is 0.255 bits per heavy atom. The van der Waals surface area contributed by atoms with Gasteiger partial charge in [-0.15, -0.1) is 0 Å². The molecule has 0 saturated heterocycles. The first-order chi connectivity index (χ1) is 45.6. The molecule has 0 aliphatic carbocycles. The van der Waals surface area contributed by atoms with E-state index in [0.29, 0.717) is 5.02 Å². The monoisotopic (exact) mass is 1310 g/mol. The fraction of sp³-hybridized carbons (Fsp3) is 0.348. The highest BCUT2D eigenvalue weighted by molar-refractivity contribution is 7.00. The Kier molecular flexibility index (Phi) is 18.7. The summed E-state index contributed by atoms with van der Waals surface area (Å²) in [6, 6.07) is 81.9. The summed E-state index contributed by atoms with van der Waals surface area (Å²) in [5.41, 5.74) is 28.4. The predicted octanol–water partition coefficient (Wildman–Crippen LogP) is 25.4. The number of fused-ring (bicyclic) bond motifs is 4. The van der Waals surface area contributed by atoms with Crippen molar-refractivity contribution in [3.63, 3.8) is 0 Å². The van der Waals surface area contributed by atoms with E-state index in [9.17, 15) is 0 Å². The van der Waals surface area contributed by atoms with Crippen molar-refractivity contribution in [2.75, 3.05) is 19.6 Å². The van der Waals surface area contributed by atoms with Gasteiger partial charge in [-0.25, -0.2) is 0 Å². The number of hydrogen-bond acceptors (Lipinski definition) is 4. The van der Waals surface area contributed by atoms with Gasteiger partial charge in [0.1, 0.15) is 0 Å². The summed E-state index contributed by atoms with van der Waals surface area (Å²) in [5.74, 6) is 0. The third-order valence-electron chi connectivity index (χ3n) is 20.0. The van der Waals surface area contributed by atoms with E-state index in [0.717, 1.165) is 34.1 Å². The van der Waals surface area contributed by atoms with Crippen molar-refractivity contribution in [2.45, 2.75) is 209 Å². The first-order valence-corrected chi connectivity index (χ1v) is 36.0. The lowest BCUT2D eigenvalue weighted by molar-refractivity contribution is 0.589. The average molecular weight is 1320 g/mol. The van der Waals surface area contributed by atoms with Crippen molar-refractivity contribution < 1.29 is 0 Å². The molecule has 0 atom stereocenters. The second kappa shape index (κ2) is 25.8. The highest BCUT2D eigenvalue weighted by atomic mass is 35.5. The molecule has 0 fully saturated rings. The third kappa shape index (κ3) is 14.5. The Balaban J connectivity index is 0.000000198. The average Bonchev–Trinajstić information content (AvgIpc) is 0.698. The lowest BCUT2D eigenvalue weighted by Crippen LogP contribution is -2.61. The van der Waals surface area contributed by atoms with Crippen molar-refractivity contribution in [1.29, 1.82) is 0 Å². The van der Waals surface area contributed by atoms with Gasteiger partial charge in [0.05, 0.1) is 16.4 Å². The lowest BCUT2D eigenvalue weighted by atomic mass is 9.33. The SMILES string of the molecule is CC(C)(C)c1ccc(N2c3ccc(C(C)(C)C)cc3B3c4ccc(C(C)(C)C)cc4N(c4cccc(C(C)(C)C)c4)c4cccc2c43)cc1.CC(C)(C)c1cccc(N(c2cccc(C(C)(C)C)c2)c2cccc(N(c3cccc(C(C)(C)C)c3)c3cccc(C(C)(C)C)c3)c2Cl)c1. The van der Waals surface area contributed by atoms with Crippen molar-refractivity contribution in [3.05, 3.63) is 268 Å². The van der Waals surface area contributed by atoms with E-state index < -0.39 is 0 Å². The molecule has 0 saturated carbocycles. The van der Waals surface area contributed by atoms with Gasteiger partial charge < -0.3 is 19.6 Å². The molecule has 98 heavy (non-hydrogen) atoms. The number of hydrogen-bond donors (Lipinski definition) is 0. The summed E-state index contributed by atoms with van der Waals surface area (Å²) >= 11 is 7.73. The predicted molar refractivity (Wildman–Crippen MR) is 431 cm³/mol. The Morgan fingerprint density at radius 2 is 0.571 bits per heavy atom. The summed E-state index contributed by atoms with van der Waals surface area (Å²) in [6.07, 6.45) is 0. The van der Waals surface area contributed by atoms with Crippen LogP contribution in [0.3, 0.4) is 0 Å². The van der Waals surface area contributed by atoms with E-state index in [-0.39, 0.29) is 50.0 Å². The maximum absolute atomic E-state index is 7.73. The molecule has 2 heterocycles. The number of anilines is 12. The molecule has 0 amide bonds. The van der Waals surface area contributed by atoms with Crippen LogP contribution >= 0.6 is 11.6 Å². The summed E-state index contributed by atoms with van der Waals surface area (Å²) in [7, 11) is 0. The zero-order valence-electron chi connectivity index (χ0n) is 63.5. The van der Waals surface area contributed by atoms with E-state index in [1.807, 2.05) is 0 Å². The molecule has 0 aromatic heterocycles. The van der Waals surface area contributed by atoms with Crippen LogP contribution < -0.4 is 36.0 Å². The minimum absolute atomic E-state index is 0.00643. The van der Waals surface area contributed by atoms with Gasteiger partial charge in [-0.05, 0) is 213 Å². The summed E-state index contributed by atoms with van der Waals surface area (Å²) in [4.78, 5) is 9.72. The van der Waals surface area contributed by atoms with Crippen LogP contribution in [0.15, 0.2) is 218 Å². The summed E-state index contributed by atoms with van der Waals surface area (Å²) in [5, 5.41) is 0.687. The minimum Gasteiger partial charge on any atom is -0.311 e. The fourth-order valence-electron chi connectivity index (χ4n) is 13.8. The molecule has 506 valence electrons. The second-order valence-electron chi connectivity index (χ2n) is 35.9. The molecule has 0 bridgehead atoms. The number of halogens is 1. The van der Waals surface area contributed by atoms with E-state index in [1.54, 1.807) is 0 Å². The number of nitrogens with zero attached hydrogens (tertiary/aromatic N) is 4. The van der Waals surface area contributed by atoms with E-state index in [2.05, 4.69) is 404 Å². The van der Waals surface area contributed by atoms with Crippen molar-refractivity contribution in [2.24, 2.45) is 0 Å². The van der Waals surface area contributed by atoms with Gasteiger partial charge in [0, 0.05) is 56.9 Å². The van der Waals surface area contributed by atoms with Gasteiger partial charge >= 0.3 is 0 Å². The summed E-state index contributed by atoms with van der Waals surface area (Å²) in [6.45, 7) is 55.0. The first-order valence-electron chi connectivity index (χ1n) is 35.6. The van der Waals surface area contributed by atoms with Crippen LogP contribution in [-0.2, 0) is 43.3 Å². The Labute approximate surface area is 596 Å². The molecule has 12 rings (SSSR count). The largest absolute Gasteiger partial charge is 0.311 e. The quantitative estimate of drug-likeness (QED) is 0.141. The highest BCUT2D eigenvalue weighted by Crippen LogP contribution is 2.50. The minimum atomic E-state index is -0.00643. The maximum Gasteiger partial charge on any atom is 0.252 e. The van der Waals surface area contributed by atoms with Crippen LogP contribution in [0, 0.1) is 0 Å². The number of benzene rings is 10. The van der Waals surface area contributed by atoms with Crippen LogP contribution in [0.4, 0.5) is 68.2 Å². The normalized spacial score (nSPS) is 13.5. The lowest BCUT2D eigenvalue weighted by Gasteiger charge is -2.45. The van der Waals surface area contributed by atoms with Gasteiger partial charge in [-0.2, -0.15) is 0 Å². The van der Waals surface area contributed by atoms with E-state index >= 15 is 0 Å². The molecule has 2 aliphatic heterocycles. The van der Waals surface area contributed by atoms with E-state index in [4.69, 9.17) is 11.6 Å². The van der Waals surface area contributed by atoms with Gasteiger partial charge in [0.25, 0.3) is 6.71 Å². The molecule has 0 radical (unpaired) electrons. The number of rotatable bonds is 8. The fourth-order valence-corrected chi connectivity index (χ4v) is 14.1. The highest BCUT2D eigenvalue weighted by Gasteiger charge is 2.44. The molecule has 10 aromatic rings. The standard InChI is InChI=1S/C46H53BN2.C46H55ClN2/c1-43(2,3)30-19-23-34(24-20-30)48-38-26-22-32(45(7,8)9)28-37(38)47-36-25-21-33(46(10,11)12)29-41(36)49(40-18-14-17-39(48)42(40)47)35-16-13-15-31(27-35)44(4,5)6;1-43(2,3)32-18-13-22-36(28-32)48(37-23-14-19-33(29-37)44(4,5)6)40-26-17-27-41(42(40)47)49(38-24-15-20-34(30-38)45(7,8)9)39-25-16-21-35(31-39)46(10,11)12/h13-29H,1-12H3;13-31H,1-12H3. The molecule has 0 unspecified atom stereocenters. The Bertz CT molecular complexity index is 4320. The first kappa shape index (κ1) is 71.1. The zero-order chi connectivity index (χ0) is 71.2. The van der Waals surface area contributed by atoms with Crippen molar-refractivity contribution >= 4 is 103 Å². The Morgan fingerprint density at radius 3 is 0.969 bits per heavy atom. The molecule has 2 aliphatic rings. The molecule has 10 aromatic carbocycles. The molecule has 4 nitrogen and oxygen atoms in total. The topological polar surface area (TPSA) is 13.0 Å². The van der Waals surface area contributed by atoms with Crippen LogP contribution in [0.25, 0.3) is 0 Å². The van der Waals surface area contributed by atoms with Crippen LogP contribution in [0.1, 0.15) is 211 Å². The second-order valence-corrected chi connectivity index (χ2v) is 36.3. The zero-order valence-corrected chi connectivity index (χ0v) is 64.3. The van der Waals surface area contributed by atoms with Gasteiger partial charge in [-0.1, -0.05) is 287 Å². The summed E-state index contributed by atoms with van der Waals surface area (Å²) < 4.78 is 0. The Hall–Kier alpha value is -8.25. The molecular weight excluding hydrogens is 1210 g/mol. The molecule has 0 spiro atoms. The van der Waals surface area contributed by atoms with Gasteiger partial charge in [0.15, 0.2) is 0 Å². The van der Waals surface area contributed by atoms with Gasteiger partial charge in [-0.3, -0.25) is 0 Å². The smallest absolute Gasteiger partial charge is 0.252 e. The van der Waals surface area contributed by atoms with E-state index in [1.165, 1.54) is 95.0 Å². The van der Waals surface area contributed by atoms with Crippen LogP contribution in [0.2, 0.25) is 5.02 Å². The maximum atomic E-state index is 7.73. The van der Waals surface area contributed by atoms with Crippen molar-refractivity contribution in [1.82, 2.24) is 0 Å². The molecule has 0 N–H and O–H groups in total. The van der Waals surface area contributed by atoms with Crippen LogP contribution in [0.5, 0.6) is 0 Å². The molecule has 6 heteroatoms. The van der Waals surface area contributed by atoms with Gasteiger partial charge in [0.2, 0.25) is 0 Å².